The van der Waals surface area contributed by atoms with Gasteiger partial charge in [-0.2, -0.15) is 0 Å². The largest absolute Gasteiger partial charge is 0.462 e. The van der Waals surface area contributed by atoms with Crippen molar-refractivity contribution in [2.75, 3.05) is 13.2 Å². The number of ether oxygens (including phenoxy) is 3. The smallest absolute Gasteiger partial charge is 0.306 e. The Morgan fingerprint density at radius 1 is 0.345 bits per heavy atom. The predicted molar refractivity (Wildman–Crippen MR) is 233 cm³/mol. The number of unbranched alkanes of at least 4 members (excludes halogenated alkanes) is 31. The molecule has 6 nitrogen and oxygen atoms in total. The summed E-state index contributed by atoms with van der Waals surface area (Å²) in [6, 6.07) is 0. The topological polar surface area (TPSA) is 78.9 Å². The van der Waals surface area contributed by atoms with Crippen molar-refractivity contribution >= 4 is 17.9 Å². The molecule has 0 fully saturated rings. The van der Waals surface area contributed by atoms with E-state index in [9.17, 15) is 14.4 Å². The molecule has 55 heavy (non-hydrogen) atoms. The average molecular weight is 779 g/mol. The van der Waals surface area contributed by atoms with Crippen molar-refractivity contribution in [1.82, 2.24) is 0 Å². The van der Waals surface area contributed by atoms with Crippen molar-refractivity contribution in [2.45, 2.75) is 278 Å². The van der Waals surface area contributed by atoms with Crippen LogP contribution in [-0.4, -0.2) is 37.2 Å². The second-order valence-corrected chi connectivity index (χ2v) is 17.2. The summed E-state index contributed by atoms with van der Waals surface area (Å²) in [6.45, 7) is 9.00. The van der Waals surface area contributed by atoms with E-state index in [-0.39, 0.29) is 31.1 Å². The highest BCUT2D eigenvalue weighted by atomic mass is 16.6. The van der Waals surface area contributed by atoms with Crippen molar-refractivity contribution in [3.05, 3.63) is 0 Å². The van der Waals surface area contributed by atoms with Gasteiger partial charge in [0.1, 0.15) is 13.2 Å². The van der Waals surface area contributed by atoms with Crippen LogP contribution in [-0.2, 0) is 28.6 Å². The Morgan fingerprint density at radius 3 is 0.891 bits per heavy atom. The Kier molecular flexibility index (Phi) is 42.3. The molecule has 6 heteroatoms. The average Bonchev–Trinajstić information content (AvgIpc) is 3.17. The number of carbonyl (C=O) groups excluding carboxylic acids is 3. The predicted octanol–water partition coefficient (Wildman–Crippen LogP) is 15.5. The fraction of sp³-hybridized carbons (Fsp3) is 0.939. The van der Waals surface area contributed by atoms with E-state index in [0.29, 0.717) is 19.3 Å². The van der Waals surface area contributed by atoms with Crippen molar-refractivity contribution < 1.29 is 28.6 Å². The third-order valence-corrected chi connectivity index (χ3v) is 11.0. The van der Waals surface area contributed by atoms with Gasteiger partial charge in [-0.1, -0.05) is 233 Å². The van der Waals surface area contributed by atoms with Gasteiger partial charge in [-0.3, -0.25) is 14.4 Å². The van der Waals surface area contributed by atoms with Gasteiger partial charge in [-0.25, -0.2) is 0 Å². The Balaban J connectivity index is 4.25. The minimum Gasteiger partial charge on any atom is -0.462 e. The molecule has 326 valence electrons. The van der Waals surface area contributed by atoms with Gasteiger partial charge in [-0.15, -0.1) is 0 Å². The zero-order valence-corrected chi connectivity index (χ0v) is 37.4. The second kappa shape index (κ2) is 43.5. The summed E-state index contributed by atoms with van der Waals surface area (Å²) in [4.78, 5) is 37.7. The highest BCUT2D eigenvalue weighted by Gasteiger charge is 2.19. The van der Waals surface area contributed by atoms with Gasteiger partial charge in [0.05, 0.1) is 0 Å². The van der Waals surface area contributed by atoms with E-state index >= 15 is 0 Å². The van der Waals surface area contributed by atoms with Crippen LogP contribution in [0.4, 0.5) is 0 Å². The first-order chi connectivity index (χ1) is 26.9. The third-order valence-electron chi connectivity index (χ3n) is 11.0. The van der Waals surface area contributed by atoms with Crippen molar-refractivity contribution in [3.8, 4) is 0 Å². The van der Waals surface area contributed by atoms with Crippen LogP contribution in [0.15, 0.2) is 0 Å². The van der Waals surface area contributed by atoms with Crippen molar-refractivity contribution in [1.29, 1.82) is 0 Å². The fourth-order valence-electron chi connectivity index (χ4n) is 7.33. The van der Waals surface area contributed by atoms with Crippen molar-refractivity contribution in [2.24, 2.45) is 5.92 Å². The van der Waals surface area contributed by atoms with E-state index in [1.165, 1.54) is 167 Å². The molecular formula is C49H94O6. The number of hydrogen-bond acceptors (Lipinski definition) is 6. The molecule has 0 saturated carbocycles. The number of hydrogen-bond donors (Lipinski definition) is 0. The van der Waals surface area contributed by atoms with Gasteiger partial charge in [0.15, 0.2) is 6.10 Å². The Labute approximate surface area is 342 Å². The van der Waals surface area contributed by atoms with Crippen LogP contribution in [0.5, 0.6) is 0 Å². The summed E-state index contributed by atoms with van der Waals surface area (Å²) >= 11 is 0. The number of esters is 3. The summed E-state index contributed by atoms with van der Waals surface area (Å²) in [7, 11) is 0. The molecule has 0 amide bonds. The Morgan fingerprint density at radius 2 is 0.600 bits per heavy atom. The number of rotatable bonds is 44. The zero-order valence-electron chi connectivity index (χ0n) is 37.4. The van der Waals surface area contributed by atoms with E-state index in [4.69, 9.17) is 14.2 Å². The van der Waals surface area contributed by atoms with Gasteiger partial charge < -0.3 is 14.2 Å². The zero-order chi connectivity index (χ0) is 40.3. The van der Waals surface area contributed by atoms with Crippen LogP contribution < -0.4 is 0 Å². The van der Waals surface area contributed by atoms with E-state index in [2.05, 4.69) is 27.7 Å². The van der Waals surface area contributed by atoms with Gasteiger partial charge in [-0.05, 0) is 25.2 Å². The van der Waals surface area contributed by atoms with Gasteiger partial charge in [0.25, 0.3) is 0 Å². The quantitative estimate of drug-likeness (QED) is 0.0348. The molecule has 0 aliphatic heterocycles. The highest BCUT2D eigenvalue weighted by Crippen LogP contribution is 2.17. The fourth-order valence-corrected chi connectivity index (χ4v) is 7.33. The standard InChI is InChI=1S/C49H94O6/c1-5-7-9-11-13-15-16-21-25-28-32-36-40-47(50)53-43-46(55-49(52)42-38-34-30-23-14-12-10-8-6-2)44-54-48(51)41-37-33-29-26-22-19-17-18-20-24-27-31-35-39-45(3)4/h45-46H,5-44H2,1-4H3/t46-/m0/s1. The maximum absolute atomic E-state index is 12.7. The SMILES string of the molecule is CCCCCCCCCCCCCCC(=O)OC[C@@H](COC(=O)CCCCCCCCCCCCCCCC(C)C)OC(=O)CCCCCCCCCCC. The van der Waals surface area contributed by atoms with Gasteiger partial charge in [0.2, 0.25) is 0 Å². The van der Waals surface area contributed by atoms with Crippen molar-refractivity contribution in [3.63, 3.8) is 0 Å². The van der Waals surface area contributed by atoms with Crippen LogP contribution in [0.2, 0.25) is 0 Å². The molecule has 0 bridgehead atoms. The van der Waals surface area contributed by atoms with Crippen LogP contribution in [0.25, 0.3) is 0 Å². The van der Waals surface area contributed by atoms with Crippen LogP contribution in [0, 0.1) is 5.92 Å². The molecule has 0 saturated heterocycles. The molecule has 1 atom stereocenters. The first-order valence-electron chi connectivity index (χ1n) is 24.4. The normalized spacial score (nSPS) is 11.9. The van der Waals surface area contributed by atoms with Gasteiger partial charge in [0, 0.05) is 19.3 Å². The lowest BCUT2D eigenvalue weighted by atomic mass is 10.0. The molecule has 0 aromatic rings. The van der Waals surface area contributed by atoms with E-state index in [1.54, 1.807) is 0 Å². The van der Waals surface area contributed by atoms with E-state index in [0.717, 1.165) is 63.7 Å². The molecule has 0 radical (unpaired) electrons. The molecule has 0 heterocycles. The molecule has 0 aliphatic rings. The molecule has 0 unspecified atom stereocenters. The third kappa shape index (κ3) is 43.4. The molecule has 0 rings (SSSR count). The van der Waals surface area contributed by atoms with Crippen LogP contribution >= 0.6 is 0 Å². The molecular weight excluding hydrogens is 685 g/mol. The lowest BCUT2D eigenvalue weighted by molar-refractivity contribution is -0.167. The first-order valence-corrected chi connectivity index (χ1v) is 24.4. The lowest BCUT2D eigenvalue weighted by Crippen LogP contribution is -2.30. The molecule has 0 N–H and O–H groups in total. The summed E-state index contributed by atoms with van der Waals surface area (Å²) < 4.78 is 16.7. The van der Waals surface area contributed by atoms with E-state index in [1.807, 2.05) is 0 Å². The molecule has 0 aromatic heterocycles. The van der Waals surface area contributed by atoms with Crippen LogP contribution in [0.3, 0.4) is 0 Å². The van der Waals surface area contributed by atoms with Crippen LogP contribution in [0.1, 0.15) is 272 Å². The Bertz CT molecular complexity index is 826. The number of carbonyl (C=O) groups is 3. The summed E-state index contributed by atoms with van der Waals surface area (Å²) in [6.07, 6.45) is 43.7. The first kappa shape index (κ1) is 53.4. The molecule has 0 aliphatic carbocycles. The monoisotopic (exact) mass is 779 g/mol. The maximum Gasteiger partial charge on any atom is 0.306 e. The molecule has 0 aromatic carbocycles. The maximum atomic E-state index is 12.7. The van der Waals surface area contributed by atoms with E-state index < -0.39 is 6.10 Å². The minimum atomic E-state index is -0.759. The summed E-state index contributed by atoms with van der Waals surface area (Å²) in [5, 5.41) is 0. The second-order valence-electron chi connectivity index (χ2n) is 17.2. The minimum absolute atomic E-state index is 0.0633. The Hall–Kier alpha value is -1.59. The highest BCUT2D eigenvalue weighted by molar-refractivity contribution is 5.71. The van der Waals surface area contributed by atoms with Gasteiger partial charge >= 0.3 is 17.9 Å². The summed E-state index contributed by atoms with van der Waals surface area (Å²) in [5.74, 6) is -0.0116. The lowest BCUT2D eigenvalue weighted by Gasteiger charge is -2.18. The summed E-state index contributed by atoms with van der Waals surface area (Å²) in [5.41, 5.74) is 0. The molecule has 0 spiro atoms.